The molecule has 1 aromatic rings. The molecule has 0 bridgehead atoms. The molecule has 1 saturated carbocycles. The molecule has 0 aliphatic heterocycles. The molecule has 7 nitrogen and oxygen atoms in total. The zero-order valence-electron chi connectivity index (χ0n) is 11.6. The number of amides is 1. The van der Waals surface area contributed by atoms with Crippen LogP contribution in [0.15, 0.2) is 17.2 Å². The van der Waals surface area contributed by atoms with Crippen LogP contribution in [0.2, 0.25) is 0 Å². The van der Waals surface area contributed by atoms with E-state index in [9.17, 15) is 13.2 Å². The lowest BCUT2D eigenvalue weighted by atomic mass is 9.98. The number of nitrogens with one attached hydrogen (secondary N) is 1. The van der Waals surface area contributed by atoms with Crippen molar-refractivity contribution < 1.29 is 13.2 Å². The molecule has 0 aromatic carbocycles. The van der Waals surface area contributed by atoms with Gasteiger partial charge in [0.05, 0.1) is 0 Å². The topological polar surface area (TPSA) is 120 Å². The molecule has 112 valence electrons. The number of aryl methyl sites for hydroxylation is 1. The molecule has 5 N–H and O–H groups in total. The Labute approximate surface area is 118 Å². The average Bonchev–Trinajstić information content (AvgIpc) is 3.12. The van der Waals surface area contributed by atoms with E-state index in [0.717, 1.165) is 12.8 Å². The van der Waals surface area contributed by atoms with Crippen molar-refractivity contribution >= 4 is 15.9 Å². The van der Waals surface area contributed by atoms with Crippen LogP contribution in [0.25, 0.3) is 0 Å². The molecule has 1 heterocycles. The number of carbonyl (C=O) groups excluding carboxylic acids is 1. The lowest BCUT2D eigenvalue weighted by Gasteiger charge is -2.28. The first-order valence-corrected chi connectivity index (χ1v) is 7.88. The Kier molecular flexibility index (Phi) is 3.66. The summed E-state index contributed by atoms with van der Waals surface area (Å²) in [7, 11) is -2.16. The molecule has 8 heteroatoms. The predicted molar refractivity (Wildman–Crippen MR) is 74.4 cm³/mol. The summed E-state index contributed by atoms with van der Waals surface area (Å²) >= 11 is 0. The minimum Gasteiger partial charge on any atom is -0.364 e. The van der Waals surface area contributed by atoms with Crippen molar-refractivity contribution in [3.8, 4) is 0 Å². The largest absolute Gasteiger partial charge is 0.364 e. The lowest BCUT2D eigenvalue weighted by molar-refractivity contribution is 0.0992. The Hall–Kier alpha value is -1.38. The summed E-state index contributed by atoms with van der Waals surface area (Å²) in [5, 5.41) is 0. The molecule has 1 unspecified atom stereocenters. The summed E-state index contributed by atoms with van der Waals surface area (Å²) in [6, 6.07) is 1.27. The first-order chi connectivity index (χ1) is 9.19. The molecular weight excluding hydrogens is 280 g/mol. The molecule has 1 fully saturated rings. The number of sulfonamides is 1. The zero-order valence-corrected chi connectivity index (χ0v) is 12.4. The lowest BCUT2D eigenvalue weighted by Crippen LogP contribution is -2.52. The van der Waals surface area contributed by atoms with Gasteiger partial charge in [-0.25, -0.2) is 13.1 Å². The summed E-state index contributed by atoms with van der Waals surface area (Å²) in [6.45, 7) is 2.03. The van der Waals surface area contributed by atoms with Gasteiger partial charge in [-0.1, -0.05) is 0 Å². The van der Waals surface area contributed by atoms with Crippen molar-refractivity contribution in [3.05, 3.63) is 18.0 Å². The van der Waals surface area contributed by atoms with Crippen molar-refractivity contribution in [3.63, 3.8) is 0 Å². The minimum atomic E-state index is -3.73. The van der Waals surface area contributed by atoms with E-state index in [4.69, 9.17) is 11.5 Å². The van der Waals surface area contributed by atoms with Crippen molar-refractivity contribution in [1.82, 2.24) is 9.29 Å². The molecule has 0 saturated heterocycles. The third-order valence-corrected chi connectivity index (χ3v) is 5.39. The van der Waals surface area contributed by atoms with E-state index >= 15 is 0 Å². The highest BCUT2D eigenvalue weighted by Gasteiger charge is 2.43. The maximum Gasteiger partial charge on any atom is 0.265 e. The van der Waals surface area contributed by atoms with E-state index in [1.807, 2.05) is 0 Å². The number of nitrogens with two attached hydrogens (primary N) is 2. The van der Waals surface area contributed by atoms with Crippen molar-refractivity contribution in [1.29, 1.82) is 0 Å². The van der Waals surface area contributed by atoms with Gasteiger partial charge in [0.15, 0.2) is 0 Å². The van der Waals surface area contributed by atoms with Crippen LogP contribution in [-0.2, 0) is 17.1 Å². The van der Waals surface area contributed by atoms with Gasteiger partial charge in [0.2, 0.25) is 10.0 Å². The Balaban J connectivity index is 2.31. The number of aromatic nitrogens is 1. The van der Waals surface area contributed by atoms with E-state index in [2.05, 4.69) is 4.72 Å². The summed E-state index contributed by atoms with van der Waals surface area (Å²) in [4.78, 5) is 11.2. The van der Waals surface area contributed by atoms with Crippen LogP contribution in [0.3, 0.4) is 0 Å². The number of hydrogen-bond acceptors (Lipinski definition) is 4. The van der Waals surface area contributed by atoms with Crippen LogP contribution in [0.5, 0.6) is 0 Å². The summed E-state index contributed by atoms with van der Waals surface area (Å²) < 4.78 is 28.8. The van der Waals surface area contributed by atoms with Crippen LogP contribution in [0, 0.1) is 5.92 Å². The van der Waals surface area contributed by atoms with Crippen LogP contribution in [-0.4, -0.2) is 31.0 Å². The third-order valence-electron chi connectivity index (χ3n) is 3.81. The van der Waals surface area contributed by atoms with Crippen molar-refractivity contribution in [2.24, 2.45) is 24.4 Å². The monoisotopic (exact) mass is 300 g/mol. The second-order valence-electron chi connectivity index (χ2n) is 5.54. The molecule has 0 spiro atoms. The predicted octanol–water partition coefficient (Wildman–Crippen LogP) is -0.470. The van der Waals surface area contributed by atoms with Crippen LogP contribution in [0.4, 0.5) is 0 Å². The fraction of sp³-hybridized carbons (Fsp3) is 0.583. The van der Waals surface area contributed by atoms with Crippen molar-refractivity contribution in [2.75, 3.05) is 6.54 Å². The highest BCUT2D eigenvalue weighted by atomic mass is 32.2. The smallest absolute Gasteiger partial charge is 0.265 e. The van der Waals surface area contributed by atoms with Gasteiger partial charge in [-0.2, -0.15) is 0 Å². The Morgan fingerprint density at radius 2 is 2.15 bits per heavy atom. The van der Waals surface area contributed by atoms with E-state index in [0.29, 0.717) is 0 Å². The number of carbonyl (C=O) groups is 1. The van der Waals surface area contributed by atoms with Gasteiger partial charge in [0.25, 0.3) is 5.91 Å². The Morgan fingerprint density at radius 1 is 1.55 bits per heavy atom. The molecule has 1 atom stereocenters. The van der Waals surface area contributed by atoms with E-state index < -0.39 is 21.5 Å². The molecule has 0 radical (unpaired) electrons. The quantitative estimate of drug-likeness (QED) is 0.657. The normalized spacial score (nSPS) is 18.8. The van der Waals surface area contributed by atoms with Gasteiger partial charge >= 0.3 is 0 Å². The average molecular weight is 300 g/mol. The fourth-order valence-corrected chi connectivity index (χ4v) is 3.85. The van der Waals surface area contributed by atoms with E-state index in [1.54, 1.807) is 14.0 Å². The number of rotatable bonds is 6. The van der Waals surface area contributed by atoms with E-state index in [1.165, 1.54) is 16.8 Å². The highest BCUT2D eigenvalue weighted by molar-refractivity contribution is 7.89. The number of nitrogens with zero attached hydrogens (tertiary/aromatic N) is 1. The van der Waals surface area contributed by atoms with Crippen LogP contribution >= 0.6 is 0 Å². The molecular formula is C12H20N4O3S. The second kappa shape index (κ2) is 4.87. The van der Waals surface area contributed by atoms with Crippen molar-refractivity contribution in [2.45, 2.75) is 30.2 Å². The standard InChI is InChI=1S/C12H20N4O3S/c1-12(7-13,8-3-4-8)15-20(18,19)9-5-10(11(14)17)16(2)6-9/h5-6,8,15H,3-4,7,13H2,1-2H3,(H2,14,17). The minimum absolute atomic E-state index is 0.0223. The summed E-state index contributed by atoms with van der Waals surface area (Å²) in [6.07, 6.45) is 3.31. The summed E-state index contributed by atoms with van der Waals surface area (Å²) in [5.41, 5.74) is 10.4. The first kappa shape index (κ1) is 15.0. The van der Waals surface area contributed by atoms with Gasteiger partial charge in [-0.15, -0.1) is 0 Å². The first-order valence-electron chi connectivity index (χ1n) is 6.40. The molecule has 2 rings (SSSR count). The van der Waals surface area contributed by atoms with Gasteiger partial charge in [-0.05, 0) is 31.7 Å². The van der Waals surface area contributed by atoms with Gasteiger partial charge < -0.3 is 16.0 Å². The summed E-state index contributed by atoms with van der Waals surface area (Å²) in [5.74, 6) is -0.403. The van der Waals surface area contributed by atoms with Crippen LogP contribution in [0.1, 0.15) is 30.3 Å². The molecule has 1 aromatic heterocycles. The zero-order chi connectivity index (χ0) is 15.1. The van der Waals surface area contributed by atoms with Gasteiger partial charge in [0.1, 0.15) is 10.6 Å². The molecule has 1 amide bonds. The van der Waals surface area contributed by atoms with Gasteiger partial charge in [-0.3, -0.25) is 4.79 Å². The van der Waals surface area contributed by atoms with E-state index in [-0.39, 0.29) is 23.1 Å². The maximum absolute atomic E-state index is 12.4. The molecule has 20 heavy (non-hydrogen) atoms. The molecule has 1 aliphatic carbocycles. The highest BCUT2D eigenvalue weighted by Crippen LogP contribution is 2.39. The third kappa shape index (κ3) is 2.72. The second-order valence-corrected chi connectivity index (χ2v) is 7.22. The Morgan fingerprint density at radius 3 is 2.55 bits per heavy atom. The molecule has 1 aliphatic rings. The fourth-order valence-electron chi connectivity index (χ4n) is 2.30. The number of primary amides is 1. The maximum atomic E-state index is 12.4. The van der Waals surface area contributed by atoms with Gasteiger partial charge in [0, 0.05) is 25.3 Å². The van der Waals surface area contributed by atoms with Crippen LogP contribution < -0.4 is 16.2 Å². The Bertz CT molecular complexity index is 633. The number of hydrogen-bond donors (Lipinski definition) is 3. The SMILES string of the molecule is Cn1cc(S(=O)(=O)NC(C)(CN)C2CC2)cc1C(N)=O.